The van der Waals surface area contributed by atoms with E-state index in [1.165, 1.54) is 9.80 Å². The molecule has 8 heteroatoms. The third-order valence-electron chi connectivity index (χ3n) is 4.86. The zero-order chi connectivity index (χ0) is 21.3. The minimum atomic E-state index is -0.318. The third kappa shape index (κ3) is 5.48. The Hall–Kier alpha value is -3.13. The molecule has 8 nitrogen and oxygen atoms in total. The van der Waals surface area contributed by atoms with Crippen molar-refractivity contribution in [2.75, 3.05) is 39.9 Å². The second kappa shape index (κ2) is 10.6. The van der Waals surface area contributed by atoms with Crippen LogP contribution in [0.4, 0.5) is 0 Å². The van der Waals surface area contributed by atoms with Crippen LogP contribution in [0.15, 0.2) is 42.6 Å². The fraction of sp³-hybridized carbons (Fsp3) is 0.409. The monoisotopic (exact) mass is 413 g/mol. The molecule has 1 N–H and O–H groups in total. The summed E-state index contributed by atoms with van der Waals surface area (Å²) in [6.45, 7) is 0.976. The Kier molecular flexibility index (Phi) is 7.62. The predicted octanol–water partition coefficient (Wildman–Crippen LogP) is 2.33. The molecule has 0 fully saturated rings. The average Bonchev–Trinajstić information content (AvgIpc) is 2.76. The maximum Gasteiger partial charge on any atom is 0.259 e. The van der Waals surface area contributed by atoms with Gasteiger partial charge < -0.3 is 24.4 Å². The molecule has 0 aliphatic carbocycles. The number of rotatable bonds is 4. The lowest BCUT2D eigenvalue weighted by Gasteiger charge is -2.25. The maximum atomic E-state index is 13.3. The summed E-state index contributed by atoms with van der Waals surface area (Å²) in [5.74, 6) is 0.690. The van der Waals surface area contributed by atoms with E-state index in [1.54, 1.807) is 31.4 Å². The summed E-state index contributed by atoms with van der Waals surface area (Å²) in [4.78, 5) is 33.0. The lowest BCUT2D eigenvalue weighted by atomic mass is 10.2. The van der Waals surface area contributed by atoms with Gasteiger partial charge in [-0.15, -0.1) is 0 Å². The van der Waals surface area contributed by atoms with E-state index >= 15 is 0 Å². The zero-order valence-corrected chi connectivity index (χ0v) is 17.1. The Balaban J connectivity index is 1.91. The lowest BCUT2D eigenvalue weighted by Crippen LogP contribution is -2.42. The summed E-state index contributed by atoms with van der Waals surface area (Å²) in [5.41, 5.74) is 0.282. The Morgan fingerprint density at radius 1 is 1.17 bits per heavy atom. The Morgan fingerprint density at radius 2 is 1.97 bits per heavy atom. The van der Waals surface area contributed by atoms with E-state index in [2.05, 4.69) is 4.98 Å². The minimum Gasteiger partial charge on any atom is -0.490 e. The van der Waals surface area contributed by atoms with Crippen molar-refractivity contribution in [3.63, 3.8) is 0 Å². The molecule has 0 unspecified atom stereocenters. The van der Waals surface area contributed by atoms with E-state index < -0.39 is 0 Å². The summed E-state index contributed by atoms with van der Waals surface area (Å²) >= 11 is 0. The zero-order valence-electron chi connectivity index (χ0n) is 17.1. The average molecular weight is 413 g/mol. The first-order valence-electron chi connectivity index (χ1n) is 10.1. The van der Waals surface area contributed by atoms with Crippen molar-refractivity contribution >= 4 is 11.8 Å². The Labute approximate surface area is 176 Å². The molecule has 0 radical (unpaired) electrons. The van der Waals surface area contributed by atoms with Gasteiger partial charge in [-0.05, 0) is 43.5 Å². The van der Waals surface area contributed by atoms with Crippen LogP contribution in [-0.4, -0.2) is 71.6 Å². The first-order valence-corrected chi connectivity index (χ1v) is 10.1. The van der Waals surface area contributed by atoms with Gasteiger partial charge in [0.15, 0.2) is 11.5 Å². The Bertz CT molecular complexity index is 873. The molecule has 30 heavy (non-hydrogen) atoms. The number of aromatic nitrogens is 1. The van der Waals surface area contributed by atoms with E-state index in [9.17, 15) is 9.59 Å². The van der Waals surface area contributed by atoms with Crippen LogP contribution in [0, 0.1) is 0 Å². The molecular weight excluding hydrogens is 386 g/mol. The van der Waals surface area contributed by atoms with Gasteiger partial charge in [-0.25, -0.2) is 4.98 Å². The lowest BCUT2D eigenvalue weighted by molar-refractivity contribution is -0.131. The van der Waals surface area contributed by atoms with Gasteiger partial charge >= 0.3 is 0 Å². The van der Waals surface area contributed by atoms with Crippen molar-refractivity contribution in [2.45, 2.75) is 19.3 Å². The number of nitrogens with zero attached hydrogens (tertiary/aromatic N) is 3. The number of aliphatic hydroxyl groups is 1. The molecule has 0 saturated carbocycles. The number of para-hydroxylation sites is 2. The second-order valence-corrected chi connectivity index (χ2v) is 7.08. The first kappa shape index (κ1) is 21.6. The molecular formula is C22H27N3O5. The summed E-state index contributed by atoms with van der Waals surface area (Å²) in [6.07, 6.45) is 3.97. The van der Waals surface area contributed by atoms with Gasteiger partial charge in [0.25, 0.3) is 5.91 Å². The van der Waals surface area contributed by atoms with Crippen LogP contribution in [0.25, 0.3) is 0 Å². The van der Waals surface area contributed by atoms with E-state index in [0.717, 1.165) is 19.3 Å². The molecule has 0 spiro atoms. The largest absolute Gasteiger partial charge is 0.490 e. The number of aliphatic hydroxyl groups excluding tert-OH is 1. The van der Waals surface area contributed by atoms with E-state index in [0.29, 0.717) is 24.7 Å². The first-order chi connectivity index (χ1) is 14.6. The standard InChI is InChI=1S/C22H27N3O5/c1-24(13-14-26)20(27)16-25-12-5-2-6-15-29-18-9-3-4-10-19(18)30-21-17(22(25)28)8-7-11-23-21/h3-4,7-11,26H,2,5-6,12-16H2,1H3. The number of amides is 2. The molecule has 1 aliphatic rings. The molecule has 160 valence electrons. The van der Waals surface area contributed by atoms with E-state index in [1.807, 2.05) is 18.2 Å². The number of hydrogen-bond acceptors (Lipinski definition) is 6. The molecule has 0 saturated heterocycles. The van der Waals surface area contributed by atoms with Crippen LogP contribution in [-0.2, 0) is 4.79 Å². The summed E-state index contributed by atoms with van der Waals surface area (Å²) in [7, 11) is 1.61. The highest BCUT2D eigenvalue weighted by molar-refractivity contribution is 5.98. The highest BCUT2D eigenvalue weighted by Gasteiger charge is 2.24. The number of ether oxygens (including phenoxy) is 2. The number of hydrogen-bond donors (Lipinski definition) is 1. The van der Waals surface area contributed by atoms with Gasteiger partial charge in [0.05, 0.1) is 13.2 Å². The molecule has 3 rings (SSSR count). The highest BCUT2D eigenvalue weighted by atomic mass is 16.5. The second-order valence-electron chi connectivity index (χ2n) is 7.08. The smallest absolute Gasteiger partial charge is 0.259 e. The minimum absolute atomic E-state index is 0.0727. The van der Waals surface area contributed by atoms with Crippen molar-refractivity contribution in [2.24, 2.45) is 0 Å². The fourth-order valence-corrected chi connectivity index (χ4v) is 3.14. The van der Waals surface area contributed by atoms with Crippen molar-refractivity contribution in [1.29, 1.82) is 0 Å². The topological polar surface area (TPSA) is 92.2 Å². The molecule has 2 heterocycles. The van der Waals surface area contributed by atoms with Gasteiger partial charge in [0.2, 0.25) is 11.8 Å². The molecule has 0 bridgehead atoms. The molecule has 1 aliphatic heterocycles. The van der Waals surface area contributed by atoms with Gasteiger partial charge in [-0.3, -0.25) is 9.59 Å². The fourth-order valence-electron chi connectivity index (χ4n) is 3.14. The van der Waals surface area contributed by atoms with Crippen LogP contribution in [0.2, 0.25) is 0 Å². The number of fused-ring (bicyclic) bond motifs is 2. The number of carbonyl (C=O) groups is 2. The number of likely N-dealkylation sites (N-methyl/N-ethyl adjacent to an activating group) is 1. The van der Waals surface area contributed by atoms with Gasteiger partial charge in [0, 0.05) is 26.3 Å². The van der Waals surface area contributed by atoms with Crippen LogP contribution in [0.3, 0.4) is 0 Å². The summed E-state index contributed by atoms with van der Waals surface area (Å²) < 4.78 is 11.8. The Morgan fingerprint density at radius 3 is 2.77 bits per heavy atom. The molecule has 2 aromatic rings. The predicted molar refractivity (Wildman–Crippen MR) is 111 cm³/mol. The maximum absolute atomic E-state index is 13.3. The van der Waals surface area contributed by atoms with Crippen molar-refractivity contribution < 1.29 is 24.2 Å². The third-order valence-corrected chi connectivity index (χ3v) is 4.86. The summed E-state index contributed by atoms with van der Waals surface area (Å²) in [6, 6.07) is 10.6. The van der Waals surface area contributed by atoms with Gasteiger partial charge in [-0.1, -0.05) is 12.1 Å². The summed E-state index contributed by atoms with van der Waals surface area (Å²) in [5, 5.41) is 9.08. The molecule has 2 amide bonds. The van der Waals surface area contributed by atoms with Crippen LogP contribution in [0.5, 0.6) is 17.4 Å². The van der Waals surface area contributed by atoms with Crippen molar-refractivity contribution in [3.05, 3.63) is 48.2 Å². The number of carbonyl (C=O) groups excluding carboxylic acids is 2. The van der Waals surface area contributed by atoms with Gasteiger partial charge in [-0.2, -0.15) is 0 Å². The number of pyridine rings is 1. The van der Waals surface area contributed by atoms with E-state index in [4.69, 9.17) is 14.6 Å². The highest BCUT2D eigenvalue weighted by Crippen LogP contribution is 2.32. The van der Waals surface area contributed by atoms with Crippen molar-refractivity contribution in [1.82, 2.24) is 14.8 Å². The quantitative estimate of drug-likeness (QED) is 0.827. The normalized spacial score (nSPS) is 14.7. The van der Waals surface area contributed by atoms with Crippen LogP contribution < -0.4 is 9.47 Å². The van der Waals surface area contributed by atoms with Crippen molar-refractivity contribution in [3.8, 4) is 17.4 Å². The van der Waals surface area contributed by atoms with Crippen LogP contribution >= 0.6 is 0 Å². The van der Waals surface area contributed by atoms with Crippen LogP contribution in [0.1, 0.15) is 29.6 Å². The SMILES string of the molecule is CN(CCO)C(=O)CN1CCCCCOc2ccccc2Oc2ncccc2C1=O. The molecule has 1 aromatic carbocycles. The van der Waals surface area contributed by atoms with E-state index in [-0.39, 0.29) is 43.0 Å². The number of benzene rings is 1. The molecule has 0 atom stereocenters. The molecule has 1 aromatic heterocycles. The van der Waals surface area contributed by atoms with Gasteiger partial charge in [0.1, 0.15) is 12.1 Å².